The lowest BCUT2D eigenvalue weighted by Gasteiger charge is -2.08. The van der Waals surface area contributed by atoms with Gasteiger partial charge in [-0.3, -0.25) is 4.79 Å². The second-order valence-corrected chi connectivity index (χ2v) is 6.81. The molecule has 0 atom stereocenters. The molecular formula is C18H12N2OS2. The normalized spacial score (nSPS) is 10.8. The Hall–Kier alpha value is -2.50. The molecule has 2 aromatic heterocycles. The number of nitrogens with zero attached hydrogens (tertiary/aromatic N) is 1. The summed E-state index contributed by atoms with van der Waals surface area (Å²) in [6.07, 6.45) is 0. The van der Waals surface area contributed by atoms with E-state index in [1.807, 2.05) is 59.3 Å². The van der Waals surface area contributed by atoms with Crippen LogP contribution in [-0.2, 0) is 0 Å². The fourth-order valence-electron chi connectivity index (χ4n) is 2.35. The van der Waals surface area contributed by atoms with E-state index in [1.54, 1.807) is 11.3 Å². The van der Waals surface area contributed by atoms with E-state index >= 15 is 0 Å². The van der Waals surface area contributed by atoms with Crippen molar-refractivity contribution >= 4 is 44.5 Å². The van der Waals surface area contributed by atoms with Crippen molar-refractivity contribution in [1.82, 2.24) is 4.98 Å². The van der Waals surface area contributed by atoms with Crippen LogP contribution < -0.4 is 5.32 Å². The van der Waals surface area contributed by atoms with Crippen LogP contribution in [0.3, 0.4) is 0 Å². The number of rotatable bonds is 3. The second-order valence-electron chi connectivity index (χ2n) is 5.00. The fraction of sp³-hybridized carbons (Fsp3) is 0. The van der Waals surface area contributed by atoms with Crippen molar-refractivity contribution in [3.8, 4) is 10.6 Å². The van der Waals surface area contributed by atoms with Gasteiger partial charge in [-0.05, 0) is 35.7 Å². The molecule has 0 saturated heterocycles. The van der Waals surface area contributed by atoms with Crippen LogP contribution in [-0.4, -0.2) is 10.9 Å². The Labute approximate surface area is 141 Å². The topological polar surface area (TPSA) is 42.0 Å². The Morgan fingerprint density at radius 3 is 2.65 bits per heavy atom. The lowest BCUT2D eigenvalue weighted by molar-refractivity contribution is 0.102. The highest BCUT2D eigenvalue weighted by atomic mass is 32.1. The van der Waals surface area contributed by atoms with Crippen LogP contribution in [0.25, 0.3) is 20.8 Å². The highest BCUT2D eigenvalue weighted by Crippen LogP contribution is 2.34. The van der Waals surface area contributed by atoms with Gasteiger partial charge >= 0.3 is 0 Å². The Bertz CT molecular complexity index is 941. The minimum Gasteiger partial charge on any atom is -0.321 e. The smallest absolute Gasteiger partial charge is 0.256 e. The molecule has 5 heteroatoms. The molecule has 4 aromatic rings. The molecular weight excluding hydrogens is 324 g/mol. The average Bonchev–Trinajstić information content (AvgIpc) is 3.25. The molecule has 2 heterocycles. The summed E-state index contributed by atoms with van der Waals surface area (Å²) in [6.45, 7) is 0. The van der Waals surface area contributed by atoms with E-state index in [0.29, 0.717) is 5.56 Å². The lowest BCUT2D eigenvalue weighted by atomic mass is 10.1. The molecule has 3 nitrogen and oxygen atoms in total. The third-order valence-electron chi connectivity index (χ3n) is 3.48. The van der Waals surface area contributed by atoms with Crippen LogP contribution in [0.2, 0.25) is 0 Å². The Morgan fingerprint density at radius 1 is 1.00 bits per heavy atom. The number of benzene rings is 2. The highest BCUT2D eigenvalue weighted by Gasteiger charge is 2.13. The summed E-state index contributed by atoms with van der Waals surface area (Å²) in [5.41, 5.74) is 3.38. The largest absolute Gasteiger partial charge is 0.321 e. The Balaban J connectivity index is 1.73. The number of carbonyl (C=O) groups excluding carboxylic acids is 1. The first-order valence-electron chi connectivity index (χ1n) is 7.10. The summed E-state index contributed by atoms with van der Waals surface area (Å²) < 4.78 is 1.14. The standard InChI is InChI=1S/C18H12N2OS2/c21-17(12-9-10-22-11-12)19-14-6-2-1-5-13(14)18-20-15-7-3-4-8-16(15)23-18/h1-11H,(H,19,21). The van der Waals surface area contributed by atoms with Gasteiger partial charge in [0.1, 0.15) is 5.01 Å². The molecule has 0 saturated carbocycles. The molecule has 1 amide bonds. The zero-order valence-electron chi connectivity index (χ0n) is 12.0. The van der Waals surface area contributed by atoms with Gasteiger partial charge in [-0.15, -0.1) is 11.3 Å². The Kier molecular flexibility index (Phi) is 3.65. The summed E-state index contributed by atoms with van der Waals surface area (Å²) >= 11 is 3.14. The second kappa shape index (κ2) is 5.95. The number of hydrogen-bond acceptors (Lipinski definition) is 4. The molecule has 0 fully saturated rings. The number of para-hydroxylation sites is 2. The number of thiazole rings is 1. The van der Waals surface area contributed by atoms with Crippen molar-refractivity contribution < 1.29 is 4.79 Å². The van der Waals surface area contributed by atoms with Crippen LogP contribution in [0.5, 0.6) is 0 Å². The third kappa shape index (κ3) is 2.76. The molecule has 0 spiro atoms. The molecule has 0 aliphatic carbocycles. The van der Waals surface area contributed by atoms with Gasteiger partial charge in [0.05, 0.1) is 21.5 Å². The van der Waals surface area contributed by atoms with Crippen molar-refractivity contribution in [2.75, 3.05) is 5.32 Å². The summed E-state index contributed by atoms with van der Waals surface area (Å²) in [4.78, 5) is 17.0. The summed E-state index contributed by atoms with van der Waals surface area (Å²) in [7, 11) is 0. The summed E-state index contributed by atoms with van der Waals surface area (Å²) in [5.74, 6) is -0.0974. The van der Waals surface area contributed by atoms with E-state index in [1.165, 1.54) is 11.3 Å². The first kappa shape index (κ1) is 14.1. The number of amides is 1. The third-order valence-corrected chi connectivity index (χ3v) is 5.24. The lowest BCUT2D eigenvalue weighted by Crippen LogP contribution is -2.11. The summed E-state index contributed by atoms with van der Waals surface area (Å²) in [5, 5.41) is 7.64. The van der Waals surface area contributed by atoms with Crippen molar-refractivity contribution in [3.63, 3.8) is 0 Å². The minimum absolute atomic E-state index is 0.0974. The van der Waals surface area contributed by atoms with Crippen molar-refractivity contribution in [1.29, 1.82) is 0 Å². The van der Waals surface area contributed by atoms with Crippen LogP contribution in [0.1, 0.15) is 10.4 Å². The van der Waals surface area contributed by atoms with Crippen molar-refractivity contribution in [2.45, 2.75) is 0 Å². The number of thiophene rings is 1. The number of aromatic nitrogens is 1. The number of anilines is 1. The van der Waals surface area contributed by atoms with Crippen LogP contribution in [0.15, 0.2) is 65.4 Å². The molecule has 112 valence electrons. The van der Waals surface area contributed by atoms with E-state index in [9.17, 15) is 4.79 Å². The maximum absolute atomic E-state index is 12.3. The van der Waals surface area contributed by atoms with Gasteiger partial charge < -0.3 is 5.32 Å². The van der Waals surface area contributed by atoms with Crippen LogP contribution >= 0.6 is 22.7 Å². The molecule has 23 heavy (non-hydrogen) atoms. The minimum atomic E-state index is -0.0974. The van der Waals surface area contributed by atoms with Crippen molar-refractivity contribution in [2.24, 2.45) is 0 Å². The van der Waals surface area contributed by atoms with E-state index in [-0.39, 0.29) is 5.91 Å². The van der Waals surface area contributed by atoms with Gasteiger partial charge in [0.15, 0.2) is 0 Å². The predicted molar refractivity (Wildman–Crippen MR) is 97.3 cm³/mol. The zero-order chi connectivity index (χ0) is 15.6. The zero-order valence-corrected chi connectivity index (χ0v) is 13.7. The van der Waals surface area contributed by atoms with E-state index in [4.69, 9.17) is 0 Å². The molecule has 1 N–H and O–H groups in total. The van der Waals surface area contributed by atoms with Gasteiger partial charge in [-0.1, -0.05) is 24.3 Å². The molecule has 0 radical (unpaired) electrons. The Morgan fingerprint density at radius 2 is 1.83 bits per heavy atom. The van der Waals surface area contributed by atoms with E-state index in [0.717, 1.165) is 26.5 Å². The quantitative estimate of drug-likeness (QED) is 0.553. The number of nitrogens with one attached hydrogen (secondary N) is 1. The average molecular weight is 336 g/mol. The molecule has 0 aliphatic rings. The molecule has 4 rings (SSSR count). The monoisotopic (exact) mass is 336 g/mol. The first-order chi connectivity index (χ1) is 11.3. The van der Waals surface area contributed by atoms with Gasteiger partial charge in [-0.2, -0.15) is 11.3 Å². The molecule has 0 bridgehead atoms. The van der Waals surface area contributed by atoms with E-state index in [2.05, 4.69) is 16.4 Å². The van der Waals surface area contributed by atoms with Gasteiger partial charge in [-0.25, -0.2) is 4.98 Å². The van der Waals surface area contributed by atoms with Crippen LogP contribution in [0.4, 0.5) is 5.69 Å². The van der Waals surface area contributed by atoms with Gasteiger partial charge in [0.25, 0.3) is 5.91 Å². The van der Waals surface area contributed by atoms with Gasteiger partial charge in [0.2, 0.25) is 0 Å². The number of hydrogen-bond donors (Lipinski definition) is 1. The van der Waals surface area contributed by atoms with Gasteiger partial charge in [0, 0.05) is 10.9 Å². The highest BCUT2D eigenvalue weighted by molar-refractivity contribution is 7.21. The molecule has 2 aromatic carbocycles. The number of fused-ring (bicyclic) bond motifs is 1. The van der Waals surface area contributed by atoms with Crippen LogP contribution in [0, 0.1) is 0 Å². The predicted octanol–water partition coefficient (Wildman–Crippen LogP) is 5.28. The first-order valence-corrected chi connectivity index (χ1v) is 8.86. The fourth-order valence-corrected chi connectivity index (χ4v) is 4.00. The maximum Gasteiger partial charge on any atom is 0.256 e. The van der Waals surface area contributed by atoms with Crippen molar-refractivity contribution in [3.05, 3.63) is 70.9 Å². The number of carbonyl (C=O) groups is 1. The summed E-state index contributed by atoms with van der Waals surface area (Å²) in [6, 6.07) is 17.6. The molecule has 0 aliphatic heterocycles. The van der Waals surface area contributed by atoms with E-state index < -0.39 is 0 Å². The maximum atomic E-state index is 12.3. The SMILES string of the molecule is O=C(Nc1ccccc1-c1nc2ccccc2s1)c1ccsc1. The molecule has 0 unspecified atom stereocenters.